The first kappa shape index (κ1) is 15.4. The van der Waals surface area contributed by atoms with Gasteiger partial charge in [-0.3, -0.25) is 0 Å². The summed E-state index contributed by atoms with van der Waals surface area (Å²) in [6, 6.07) is 12.0. The maximum absolute atomic E-state index is 12.9. The normalized spacial score (nSPS) is 11.0. The van der Waals surface area contributed by atoms with Gasteiger partial charge in [0, 0.05) is 4.47 Å². The van der Waals surface area contributed by atoms with E-state index in [1.54, 1.807) is 30.3 Å². The SMILES string of the molecule is N#Cc1ccc(OCc2ccc(Br)cc2)c(C(F)(F)F)c1. The van der Waals surface area contributed by atoms with E-state index in [1.165, 1.54) is 12.1 Å². The lowest BCUT2D eigenvalue weighted by molar-refractivity contribution is -0.139. The second-order valence-corrected chi connectivity index (χ2v) is 5.15. The summed E-state index contributed by atoms with van der Waals surface area (Å²) >= 11 is 3.27. The highest BCUT2D eigenvalue weighted by Crippen LogP contribution is 2.37. The molecule has 0 saturated heterocycles. The first-order valence-corrected chi connectivity index (χ1v) is 6.68. The molecule has 0 fully saturated rings. The Kier molecular flexibility index (Phi) is 4.53. The summed E-state index contributed by atoms with van der Waals surface area (Å²) in [5.74, 6) is -0.288. The van der Waals surface area contributed by atoms with E-state index in [1.807, 2.05) is 0 Å². The Balaban J connectivity index is 2.23. The zero-order valence-corrected chi connectivity index (χ0v) is 12.2. The largest absolute Gasteiger partial charge is 0.488 e. The van der Waals surface area contributed by atoms with Gasteiger partial charge in [0.05, 0.1) is 17.2 Å². The van der Waals surface area contributed by atoms with Gasteiger partial charge in [-0.05, 0) is 35.9 Å². The van der Waals surface area contributed by atoms with Gasteiger partial charge < -0.3 is 4.74 Å². The number of rotatable bonds is 3. The van der Waals surface area contributed by atoms with Gasteiger partial charge in [0.25, 0.3) is 0 Å². The van der Waals surface area contributed by atoms with Crippen LogP contribution in [0.2, 0.25) is 0 Å². The maximum Gasteiger partial charge on any atom is 0.420 e. The highest BCUT2D eigenvalue weighted by atomic mass is 79.9. The van der Waals surface area contributed by atoms with Gasteiger partial charge in [0.2, 0.25) is 0 Å². The van der Waals surface area contributed by atoms with Crippen LogP contribution in [0.4, 0.5) is 13.2 Å². The van der Waals surface area contributed by atoms with Crippen molar-refractivity contribution >= 4 is 15.9 Å². The molecule has 0 unspecified atom stereocenters. The van der Waals surface area contributed by atoms with Crippen LogP contribution < -0.4 is 4.74 Å². The van der Waals surface area contributed by atoms with Crippen LogP contribution in [-0.4, -0.2) is 0 Å². The quantitative estimate of drug-likeness (QED) is 0.782. The minimum Gasteiger partial charge on any atom is -0.488 e. The fourth-order valence-electron chi connectivity index (χ4n) is 1.69. The van der Waals surface area contributed by atoms with Crippen molar-refractivity contribution in [2.75, 3.05) is 0 Å². The summed E-state index contributed by atoms with van der Waals surface area (Å²) < 4.78 is 45.0. The second kappa shape index (κ2) is 6.19. The van der Waals surface area contributed by atoms with E-state index in [2.05, 4.69) is 15.9 Å². The van der Waals surface area contributed by atoms with Crippen molar-refractivity contribution in [3.63, 3.8) is 0 Å². The number of alkyl halides is 3. The van der Waals surface area contributed by atoms with Crippen molar-refractivity contribution in [1.29, 1.82) is 5.26 Å². The number of halogens is 4. The second-order valence-electron chi connectivity index (χ2n) is 4.24. The number of ether oxygens (including phenoxy) is 1. The van der Waals surface area contributed by atoms with Crippen LogP contribution in [0.15, 0.2) is 46.9 Å². The van der Waals surface area contributed by atoms with Crippen molar-refractivity contribution in [1.82, 2.24) is 0 Å². The van der Waals surface area contributed by atoms with Gasteiger partial charge in [-0.2, -0.15) is 18.4 Å². The number of nitriles is 1. The Labute approximate surface area is 127 Å². The number of benzene rings is 2. The highest BCUT2D eigenvalue weighted by Gasteiger charge is 2.34. The lowest BCUT2D eigenvalue weighted by Crippen LogP contribution is -2.09. The molecule has 0 aromatic heterocycles. The van der Waals surface area contributed by atoms with Crippen molar-refractivity contribution in [2.24, 2.45) is 0 Å². The minimum atomic E-state index is -4.57. The molecule has 0 spiro atoms. The van der Waals surface area contributed by atoms with E-state index in [0.29, 0.717) is 0 Å². The topological polar surface area (TPSA) is 33.0 Å². The summed E-state index contributed by atoms with van der Waals surface area (Å²) in [6.45, 7) is 0.0161. The number of hydrogen-bond acceptors (Lipinski definition) is 2. The summed E-state index contributed by atoms with van der Waals surface area (Å²) in [7, 11) is 0. The van der Waals surface area contributed by atoms with Crippen LogP contribution in [-0.2, 0) is 12.8 Å². The van der Waals surface area contributed by atoms with Gasteiger partial charge in [-0.1, -0.05) is 28.1 Å². The van der Waals surface area contributed by atoms with E-state index in [9.17, 15) is 13.2 Å². The average molecular weight is 356 g/mol. The van der Waals surface area contributed by atoms with Crippen LogP contribution in [0, 0.1) is 11.3 Å². The lowest BCUT2D eigenvalue weighted by atomic mass is 10.1. The van der Waals surface area contributed by atoms with Crippen molar-refractivity contribution < 1.29 is 17.9 Å². The first-order valence-electron chi connectivity index (χ1n) is 5.89. The molecule has 0 atom stereocenters. The molecular weight excluding hydrogens is 347 g/mol. The molecule has 6 heteroatoms. The Morgan fingerprint density at radius 2 is 1.76 bits per heavy atom. The van der Waals surface area contributed by atoms with Crippen molar-refractivity contribution in [3.05, 3.63) is 63.6 Å². The van der Waals surface area contributed by atoms with E-state index in [4.69, 9.17) is 10.00 Å². The third-order valence-corrected chi connectivity index (χ3v) is 3.25. The van der Waals surface area contributed by atoms with Crippen LogP contribution in [0.1, 0.15) is 16.7 Å². The predicted molar refractivity (Wildman–Crippen MR) is 74.6 cm³/mol. The Bertz CT molecular complexity index is 675. The summed E-state index contributed by atoms with van der Waals surface area (Å²) in [5, 5.41) is 8.69. The van der Waals surface area contributed by atoms with E-state index >= 15 is 0 Å². The minimum absolute atomic E-state index is 0.0161. The molecule has 2 rings (SSSR count). The maximum atomic E-state index is 12.9. The number of hydrogen-bond donors (Lipinski definition) is 0. The van der Waals surface area contributed by atoms with Crippen molar-refractivity contribution in [2.45, 2.75) is 12.8 Å². The molecular formula is C15H9BrF3NO. The summed E-state index contributed by atoms with van der Waals surface area (Å²) in [6.07, 6.45) is -4.57. The van der Waals surface area contributed by atoms with E-state index < -0.39 is 11.7 Å². The van der Waals surface area contributed by atoms with Crippen LogP contribution in [0.25, 0.3) is 0 Å². The number of nitrogens with zero attached hydrogens (tertiary/aromatic N) is 1. The zero-order chi connectivity index (χ0) is 15.5. The Hall–Kier alpha value is -2.00. The molecule has 108 valence electrons. The fraction of sp³-hybridized carbons (Fsp3) is 0.133. The molecule has 21 heavy (non-hydrogen) atoms. The standard InChI is InChI=1S/C15H9BrF3NO/c16-12-4-1-10(2-5-12)9-21-14-6-3-11(8-20)7-13(14)15(17,18)19/h1-7H,9H2. The van der Waals surface area contributed by atoms with Gasteiger partial charge in [-0.15, -0.1) is 0 Å². The first-order chi connectivity index (χ1) is 9.90. The molecule has 2 aromatic carbocycles. The lowest BCUT2D eigenvalue weighted by Gasteiger charge is -2.14. The zero-order valence-electron chi connectivity index (χ0n) is 10.6. The highest BCUT2D eigenvalue weighted by molar-refractivity contribution is 9.10. The van der Waals surface area contributed by atoms with Gasteiger partial charge in [-0.25, -0.2) is 0 Å². The summed E-state index contributed by atoms with van der Waals surface area (Å²) in [5.41, 5.74) is -0.257. The predicted octanol–water partition coefficient (Wildman–Crippen LogP) is 4.92. The Morgan fingerprint density at radius 3 is 2.33 bits per heavy atom. The van der Waals surface area contributed by atoms with Gasteiger partial charge in [0.15, 0.2) is 0 Å². The summed E-state index contributed by atoms with van der Waals surface area (Å²) in [4.78, 5) is 0. The molecule has 0 radical (unpaired) electrons. The fourth-order valence-corrected chi connectivity index (χ4v) is 1.95. The van der Waals surface area contributed by atoms with E-state index in [0.717, 1.165) is 16.1 Å². The van der Waals surface area contributed by atoms with Crippen molar-refractivity contribution in [3.8, 4) is 11.8 Å². The molecule has 0 aliphatic rings. The molecule has 0 aliphatic carbocycles. The monoisotopic (exact) mass is 355 g/mol. The van der Waals surface area contributed by atoms with Crippen LogP contribution in [0.5, 0.6) is 5.75 Å². The smallest absolute Gasteiger partial charge is 0.420 e. The molecule has 2 nitrogen and oxygen atoms in total. The van der Waals surface area contributed by atoms with Gasteiger partial charge in [0.1, 0.15) is 12.4 Å². The third kappa shape index (κ3) is 3.99. The molecule has 0 saturated carbocycles. The molecule has 0 amide bonds. The van der Waals surface area contributed by atoms with Crippen LogP contribution >= 0.6 is 15.9 Å². The average Bonchev–Trinajstić information content (AvgIpc) is 2.45. The molecule has 0 aliphatic heterocycles. The van der Waals surface area contributed by atoms with Crippen LogP contribution in [0.3, 0.4) is 0 Å². The molecule has 0 heterocycles. The molecule has 0 N–H and O–H groups in total. The molecule has 2 aromatic rings. The third-order valence-electron chi connectivity index (χ3n) is 2.72. The molecule has 0 bridgehead atoms. The van der Waals surface area contributed by atoms with E-state index in [-0.39, 0.29) is 17.9 Å². The Morgan fingerprint density at radius 1 is 1.10 bits per heavy atom. The van der Waals surface area contributed by atoms with Gasteiger partial charge >= 0.3 is 6.18 Å².